The molecule has 0 bridgehead atoms. The highest BCUT2D eigenvalue weighted by Crippen LogP contribution is 2.34. The van der Waals surface area contributed by atoms with E-state index in [9.17, 15) is 8.94 Å². The number of pyridine rings is 1. The van der Waals surface area contributed by atoms with Crippen molar-refractivity contribution in [2.24, 2.45) is 0 Å². The van der Waals surface area contributed by atoms with Crippen LogP contribution in [-0.2, 0) is 17.8 Å². The lowest BCUT2D eigenvalue weighted by atomic mass is 9.94. The summed E-state index contributed by atoms with van der Waals surface area (Å²) >= 11 is -1.34. The average Bonchev–Trinajstić information content (AvgIpc) is 3.16. The Morgan fingerprint density at radius 1 is 1.10 bits per heavy atom. The van der Waals surface area contributed by atoms with Gasteiger partial charge >= 0.3 is 0 Å². The number of halogens is 1. The minimum atomic E-state index is -1.34. The summed E-state index contributed by atoms with van der Waals surface area (Å²) in [7, 11) is 0. The Morgan fingerprint density at radius 2 is 1.84 bits per heavy atom. The fraction of sp³-hybridized carbons (Fsp3) is 0.250. The van der Waals surface area contributed by atoms with Gasteiger partial charge in [-0.1, -0.05) is 41.6 Å². The number of hydrogen-bond acceptors (Lipinski definition) is 5. The van der Waals surface area contributed by atoms with E-state index < -0.39 is 16.1 Å². The molecule has 0 amide bonds. The summed E-state index contributed by atoms with van der Waals surface area (Å²) < 4.78 is 35.1. The van der Waals surface area contributed by atoms with Gasteiger partial charge in [-0.25, -0.2) is 4.39 Å². The number of nitrogens with zero attached hydrogens (tertiary/aromatic N) is 2. The zero-order chi connectivity index (χ0) is 22.0. The van der Waals surface area contributed by atoms with Crippen molar-refractivity contribution in [2.75, 3.05) is 0 Å². The van der Waals surface area contributed by atoms with E-state index in [0.717, 1.165) is 16.5 Å². The molecule has 7 heteroatoms. The van der Waals surface area contributed by atoms with Gasteiger partial charge in [0, 0.05) is 40.6 Å². The first-order valence-electron chi connectivity index (χ1n) is 10.0. The lowest BCUT2D eigenvalue weighted by Crippen LogP contribution is -2.42. The quantitative estimate of drug-likeness (QED) is 0.411. The molecule has 0 saturated carbocycles. The molecule has 2 atom stereocenters. The standard InChI is InChI=1S/C24H24FN3O2S/c1-24(2,3)31(29)28-21(15-17-14-16(25)12-13-26-17)18-8-4-5-9-19(18)23-20-10-6-7-11-22(20)30-27-23/h4-14,21,28H,15H2,1-3H3/t21-,31?/m0/s1. The molecule has 1 N–H and O–H groups in total. The van der Waals surface area contributed by atoms with Gasteiger partial charge < -0.3 is 9.08 Å². The molecule has 4 aromatic rings. The highest BCUT2D eigenvalue weighted by atomic mass is 32.2. The van der Waals surface area contributed by atoms with Crippen LogP contribution >= 0.6 is 0 Å². The van der Waals surface area contributed by atoms with Gasteiger partial charge in [-0.05, 0) is 50.6 Å². The molecule has 0 radical (unpaired) electrons. The van der Waals surface area contributed by atoms with E-state index in [1.807, 2.05) is 69.3 Å². The predicted octanol–water partition coefficient (Wildman–Crippen LogP) is 5.36. The van der Waals surface area contributed by atoms with Crippen molar-refractivity contribution in [1.29, 1.82) is 0 Å². The molecule has 2 aromatic carbocycles. The third-order valence-corrected chi connectivity index (χ3v) is 6.58. The summed E-state index contributed by atoms with van der Waals surface area (Å²) in [4.78, 5) is 4.30. The molecule has 2 aromatic heterocycles. The molecule has 160 valence electrons. The molecule has 1 unspecified atom stereocenters. The molecule has 5 nitrogen and oxygen atoms in total. The molecule has 0 aliphatic heterocycles. The Labute approximate surface area is 184 Å². The van der Waals surface area contributed by atoms with Crippen molar-refractivity contribution in [2.45, 2.75) is 38.0 Å². The SMILES string of the molecule is CC(C)(C)[S+]([O-])N[C@@H](Cc1cc(F)ccn1)c1ccccc1-c1noc2ccccc12. The van der Waals surface area contributed by atoms with E-state index in [1.54, 1.807) is 0 Å². The van der Waals surface area contributed by atoms with Crippen LogP contribution in [0.5, 0.6) is 0 Å². The third-order valence-electron chi connectivity index (χ3n) is 4.97. The maximum Gasteiger partial charge on any atom is 0.167 e. The van der Waals surface area contributed by atoms with Crippen molar-refractivity contribution >= 4 is 22.3 Å². The first-order valence-corrected chi connectivity index (χ1v) is 11.2. The monoisotopic (exact) mass is 437 g/mol. The summed E-state index contributed by atoms with van der Waals surface area (Å²) in [5.41, 5.74) is 3.74. The Bertz CT molecular complexity index is 1190. The molecule has 0 saturated heterocycles. The van der Waals surface area contributed by atoms with Gasteiger partial charge in [-0.15, -0.1) is 4.72 Å². The van der Waals surface area contributed by atoms with Crippen LogP contribution in [0.15, 0.2) is 71.4 Å². The predicted molar refractivity (Wildman–Crippen MR) is 121 cm³/mol. The second-order valence-corrected chi connectivity index (χ2v) is 10.3. The normalized spacial score (nSPS) is 14.0. The number of nitrogens with one attached hydrogen (secondary N) is 1. The summed E-state index contributed by atoms with van der Waals surface area (Å²) in [6.07, 6.45) is 1.81. The zero-order valence-corrected chi connectivity index (χ0v) is 18.4. The van der Waals surface area contributed by atoms with Crippen molar-refractivity contribution < 1.29 is 13.5 Å². The van der Waals surface area contributed by atoms with Crippen LogP contribution in [0.1, 0.15) is 38.1 Å². The van der Waals surface area contributed by atoms with E-state index in [1.165, 1.54) is 18.3 Å². The summed E-state index contributed by atoms with van der Waals surface area (Å²) in [5, 5.41) is 5.20. The van der Waals surface area contributed by atoms with Crippen LogP contribution in [0.2, 0.25) is 0 Å². The number of fused-ring (bicyclic) bond motifs is 1. The van der Waals surface area contributed by atoms with E-state index in [2.05, 4.69) is 14.9 Å². The van der Waals surface area contributed by atoms with Crippen molar-refractivity contribution in [3.05, 3.63) is 83.9 Å². The fourth-order valence-electron chi connectivity index (χ4n) is 3.39. The first kappa shape index (κ1) is 21.5. The van der Waals surface area contributed by atoms with Crippen molar-refractivity contribution in [3.63, 3.8) is 0 Å². The number of hydrogen-bond donors (Lipinski definition) is 1. The average molecular weight is 438 g/mol. The molecule has 0 aliphatic rings. The van der Waals surface area contributed by atoms with Crippen LogP contribution in [0.25, 0.3) is 22.2 Å². The second-order valence-electron chi connectivity index (χ2n) is 8.34. The van der Waals surface area contributed by atoms with E-state index in [0.29, 0.717) is 23.4 Å². The number of rotatable bonds is 6. The van der Waals surface area contributed by atoms with Gasteiger partial charge in [0.2, 0.25) is 0 Å². The number of aromatic nitrogens is 2. The van der Waals surface area contributed by atoms with Gasteiger partial charge in [-0.2, -0.15) is 0 Å². The molecular weight excluding hydrogens is 413 g/mol. The minimum Gasteiger partial charge on any atom is -0.598 e. The maximum absolute atomic E-state index is 13.8. The van der Waals surface area contributed by atoms with Gasteiger partial charge in [0.15, 0.2) is 5.58 Å². The highest BCUT2D eigenvalue weighted by molar-refractivity contribution is 7.90. The smallest absolute Gasteiger partial charge is 0.167 e. The second kappa shape index (κ2) is 8.78. The molecule has 0 aliphatic carbocycles. The van der Waals surface area contributed by atoms with Crippen LogP contribution < -0.4 is 4.72 Å². The van der Waals surface area contributed by atoms with Crippen molar-refractivity contribution in [1.82, 2.24) is 14.9 Å². The van der Waals surface area contributed by atoms with Gasteiger partial charge in [0.05, 0.1) is 6.04 Å². The Hall–Kier alpha value is -2.74. The highest BCUT2D eigenvalue weighted by Gasteiger charge is 2.31. The fourth-order valence-corrected chi connectivity index (χ4v) is 4.21. The maximum atomic E-state index is 13.8. The number of para-hydroxylation sites is 1. The van der Waals surface area contributed by atoms with Crippen LogP contribution in [-0.4, -0.2) is 19.4 Å². The van der Waals surface area contributed by atoms with E-state index in [-0.39, 0.29) is 11.9 Å². The van der Waals surface area contributed by atoms with E-state index >= 15 is 0 Å². The largest absolute Gasteiger partial charge is 0.598 e. The Balaban J connectivity index is 1.79. The molecule has 0 fully saturated rings. The molecule has 4 rings (SSSR count). The van der Waals surface area contributed by atoms with Crippen LogP contribution in [0.3, 0.4) is 0 Å². The first-order chi connectivity index (χ1) is 14.8. The van der Waals surface area contributed by atoms with Gasteiger partial charge in [0.1, 0.15) is 16.3 Å². The summed E-state index contributed by atoms with van der Waals surface area (Å²) in [6.45, 7) is 5.72. The molecule has 2 heterocycles. The van der Waals surface area contributed by atoms with Crippen molar-refractivity contribution in [3.8, 4) is 11.3 Å². The van der Waals surface area contributed by atoms with Gasteiger partial charge in [0.25, 0.3) is 0 Å². The Kier molecular flexibility index (Phi) is 6.09. The summed E-state index contributed by atoms with van der Waals surface area (Å²) in [6, 6.07) is 17.8. The summed E-state index contributed by atoms with van der Waals surface area (Å²) in [5.74, 6) is -0.350. The lowest BCUT2D eigenvalue weighted by Gasteiger charge is -2.29. The van der Waals surface area contributed by atoms with E-state index in [4.69, 9.17) is 4.52 Å². The van der Waals surface area contributed by atoms with Crippen LogP contribution in [0.4, 0.5) is 4.39 Å². The minimum absolute atomic E-state index is 0.350. The lowest BCUT2D eigenvalue weighted by molar-refractivity contribution is 0.459. The topological polar surface area (TPSA) is 74.0 Å². The number of benzene rings is 2. The third kappa shape index (κ3) is 4.79. The zero-order valence-electron chi connectivity index (χ0n) is 17.6. The molecular formula is C24H24FN3O2S. The van der Waals surface area contributed by atoms with Gasteiger partial charge in [-0.3, -0.25) is 4.98 Å². The Morgan fingerprint density at radius 3 is 2.61 bits per heavy atom. The molecule has 31 heavy (non-hydrogen) atoms. The van der Waals surface area contributed by atoms with Crippen LogP contribution in [0, 0.1) is 5.82 Å². The molecule has 0 spiro atoms.